The lowest BCUT2D eigenvalue weighted by atomic mass is 9.63. The fourth-order valence-corrected chi connectivity index (χ4v) is 13.4. The molecule has 1 aliphatic carbocycles. The van der Waals surface area contributed by atoms with Gasteiger partial charge in [0.05, 0.1) is 45.9 Å². The lowest BCUT2D eigenvalue weighted by Crippen LogP contribution is -2.33. The van der Waals surface area contributed by atoms with Gasteiger partial charge in [-0.25, -0.2) is 0 Å². The monoisotopic (exact) mass is 1200 g/mol. The maximum absolute atomic E-state index is 10.2. The SMILES string of the molecule is [2H]c1c([2H])c([2H])c(-c2ccc(-n3c4ccc(-c5ccccc5)cc4c4ccc(Oc5cccc(N6CN(c7c(-c8ccc9c(c8)C(C)(C)CCC9(C)C)cc(C(C)(C)C)cc7-c7c([2H])c([2H])c(-c8c([2H])c([2H])c(C(C)(C)C)c([2H])c8[2H])c([2H])c7[2H])c7ccccc76)c5)cc43)cc2C(C)(C)C)c([2H])c1[2H]. The van der Waals surface area contributed by atoms with Crippen LogP contribution in [0, 0.1) is 0 Å². The largest absolute Gasteiger partial charge is 0.457 e. The van der Waals surface area contributed by atoms with E-state index in [1.807, 2.05) is 106 Å². The summed E-state index contributed by atoms with van der Waals surface area (Å²) in [5.74, 6) is 1.12. The minimum atomic E-state index is -0.771. The molecule has 2 aliphatic rings. The molecular formula is C87H85N3O. The van der Waals surface area contributed by atoms with Crippen LogP contribution in [-0.2, 0) is 27.1 Å². The number of aromatic nitrogens is 1. The van der Waals surface area contributed by atoms with Crippen LogP contribution in [0.5, 0.6) is 11.5 Å². The fourth-order valence-electron chi connectivity index (χ4n) is 13.4. The summed E-state index contributed by atoms with van der Waals surface area (Å²) in [7, 11) is 0. The molecule has 0 saturated heterocycles. The Kier molecular flexibility index (Phi) is 11.2. The Bertz CT molecular complexity index is 5490. The van der Waals surface area contributed by atoms with Gasteiger partial charge in [-0.1, -0.05) is 247 Å². The van der Waals surface area contributed by atoms with Crippen LogP contribution in [0.1, 0.15) is 148 Å². The van der Waals surface area contributed by atoms with E-state index in [4.69, 9.17) is 14.3 Å². The highest BCUT2D eigenvalue weighted by Gasteiger charge is 2.39. The van der Waals surface area contributed by atoms with E-state index >= 15 is 0 Å². The van der Waals surface area contributed by atoms with Gasteiger partial charge in [-0.05, 0) is 185 Å². The van der Waals surface area contributed by atoms with Crippen molar-refractivity contribution in [2.75, 3.05) is 16.5 Å². The maximum atomic E-state index is 10.2. The first kappa shape index (κ1) is 45.8. The van der Waals surface area contributed by atoms with Gasteiger partial charge in [0.15, 0.2) is 0 Å². The van der Waals surface area contributed by atoms with Gasteiger partial charge in [0.25, 0.3) is 0 Å². The van der Waals surface area contributed by atoms with Crippen molar-refractivity contribution in [2.45, 2.75) is 130 Å². The molecule has 0 unspecified atom stereocenters. The third-order valence-electron chi connectivity index (χ3n) is 18.7. The molecule has 0 radical (unpaired) electrons. The molecule has 0 amide bonds. The van der Waals surface area contributed by atoms with Crippen LogP contribution in [0.25, 0.3) is 83.1 Å². The standard InChI is InChI=1S/C87H85N3O/c1-83(2,3)64-39-35-59(36-40-64)58-31-33-61(34-32-58)72-51-65(84(4,5)6)52-73(63-37-45-75-77(50-63)87(12,13)48-47-86(75,10)11)82(72)89-56-88(79-29-20-21-30-80(79)89)66-27-22-28-68(53-66)91-69-42-44-71-74-49-62(57-23-16-14-17-24-57)38-46-78(74)90(81(71)55-69)67-41-43-70(60-25-18-15-19-26-60)76(54-67)85(7,8)9/h14-46,49-55H,47-48,56H2,1-13H3/i15D,18D,19D,25D,26D,31D,32D,33D,34D,35D,36D,39D,40D. The molecule has 4 nitrogen and oxygen atoms in total. The van der Waals surface area contributed by atoms with E-state index in [2.05, 4.69) is 162 Å². The zero-order valence-electron chi connectivity index (χ0n) is 67.5. The van der Waals surface area contributed by atoms with Crippen molar-refractivity contribution in [3.05, 3.63) is 270 Å². The van der Waals surface area contributed by atoms with E-state index in [0.29, 0.717) is 28.3 Å². The predicted octanol–water partition coefficient (Wildman–Crippen LogP) is 24.4. The van der Waals surface area contributed by atoms with Gasteiger partial charge in [-0.2, -0.15) is 0 Å². The zero-order valence-corrected chi connectivity index (χ0v) is 54.5. The minimum absolute atomic E-state index is 0.0334. The Morgan fingerprint density at radius 3 is 1.67 bits per heavy atom. The number of anilines is 4. The van der Waals surface area contributed by atoms with Crippen LogP contribution in [0.3, 0.4) is 0 Å². The summed E-state index contributed by atoms with van der Waals surface area (Å²) in [5, 5.41) is 1.98. The Morgan fingerprint density at radius 2 is 0.989 bits per heavy atom. The van der Waals surface area contributed by atoms with Gasteiger partial charge in [0.1, 0.15) is 18.2 Å². The van der Waals surface area contributed by atoms with Crippen LogP contribution in [0.4, 0.5) is 22.7 Å². The average molecular weight is 1200 g/mol. The lowest BCUT2D eigenvalue weighted by Gasteiger charge is -2.42. The number of nitrogens with zero attached hydrogens (tertiary/aromatic N) is 3. The Balaban J connectivity index is 0.924. The molecule has 0 N–H and O–H groups in total. The molecule has 12 aromatic rings. The van der Waals surface area contributed by atoms with E-state index in [1.165, 1.54) is 11.1 Å². The summed E-state index contributed by atoms with van der Waals surface area (Å²) < 4.78 is 130. The smallest absolute Gasteiger partial charge is 0.129 e. The highest BCUT2D eigenvalue weighted by atomic mass is 16.5. The topological polar surface area (TPSA) is 20.6 Å². The lowest BCUT2D eigenvalue weighted by molar-refractivity contribution is 0.332. The fraction of sp³-hybridized carbons (Fsp3) is 0.241. The second-order valence-corrected chi connectivity index (χ2v) is 29.1. The zero-order chi connectivity index (χ0) is 74.7. The molecule has 1 aliphatic heterocycles. The number of para-hydroxylation sites is 2. The average Bonchev–Trinajstić information content (AvgIpc) is 1.00. The normalized spacial score (nSPS) is 16.6. The van der Waals surface area contributed by atoms with Gasteiger partial charge in [0.2, 0.25) is 0 Å². The summed E-state index contributed by atoms with van der Waals surface area (Å²) in [4.78, 5) is 4.42. The van der Waals surface area contributed by atoms with Gasteiger partial charge in [-0.15, -0.1) is 0 Å². The summed E-state index contributed by atoms with van der Waals surface area (Å²) in [5.41, 5.74) is 12.5. The van der Waals surface area contributed by atoms with Crippen molar-refractivity contribution >= 4 is 44.6 Å². The summed E-state index contributed by atoms with van der Waals surface area (Å²) in [6, 6.07) is 50.9. The van der Waals surface area contributed by atoms with E-state index in [-0.39, 0.29) is 81.6 Å². The molecular weight excluding hydrogens is 1100 g/mol. The van der Waals surface area contributed by atoms with Crippen molar-refractivity contribution in [1.29, 1.82) is 0 Å². The summed E-state index contributed by atoms with van der Waals surface area (Å²) >= 11 is 0. The van der Waals surface area contributed by atoms with Crippen LogP contribution >= 0.6 is 0 Å². The number of hydrogen-bond acceptors (Lipinski definition) is 3. The molecule has 4 heteroatoms. The molecule has 0 saturated carbocycles. The van der Waals surface area contributed by atoms with Crippen molar-refractivity contribution in [1.82, 2.24) is 4.57 Å². The maximum Gasteiger partial charge on any atom is 0.129 e. The first-order chi connectivity index (χ1) is 48.9. The van der Waals surface area contributed by atoms with E-state index in [0.717, 1.165) is 90.8 Å². The number of ether oxygens (including phenoxy) is 1. The minimum Gasteiger partial charge on any atom is -0.457 e. The number of fused-ring (bicyclic) bond motifs is 5. The molecule has 14 rings (SSSR count). The highest BCUT2D eigenvalue weighted by Crippen LogP contribution is 2.54. The van der Waals surface area contributed by atoms with Gasteiger partial charge in [0, 0.05) is 45.4 Å². The molecule has 0 atom stereocenters. The molecule has 11 aromatic carbocycles. The van der Waals surface area contributed by atoms with E-state index in [9.17, 15) is 8.22 Å². The van der Waals surface area contributed by atoms with Crippen LogP contribution in [0.15, 0.2) is 242 Å². The van der Waals surface area contributed by atoms with Gasteiger partial charge in [-0.3, -0.25) is 0 Å². The molecule has 2 heterocycles. The summed E-state index contributed by atoms with van der Waals surface area (Å²) in [6.07, 6.45) is 2.00. The quantitative estimate of drug-likeness (QED) is 0.136. The Hall–Kier alpha value is -9.38. The van der Waals surface area contributed by atoms with E-state index in [1.54, 1.807) is 0 Å². The molecule has 0 fully saturated rings. The Morgan fingerprint density at radius 1 is 0.385 bits per heavy atom. The number of benzene rings is 11. The van der Waals surface area contributed by atoms with E-state index < -0.39 is 58.5 Å². The van der Waals surface area contributed by atoms with Crippen LogP contribution in [0.2, 0.25) is 0 Å². The molecule has 454 valence electrons. The molecule has 91 heavy (non-hydrogen) atoms. The second kappa shape index (κ2) is 22.2. The summed E-state index contributed by atoms with van der Waals surface area (Å²) in [6.45, 7) is 27.4. The van der Waals surface area contributed by atoms with Gasteiger partial charge >= 0.3 is 0 Å². The predicted molar refractivity (Wildman–Crippen MR) is 388 cm³/mol. The number of rotatable bonds is 10. The third kappa shape index (κ3) is 11.0. The van der Waals surface area contributed by atoms with Gasteiger partial charge < -0.3 is 19.1 Å². The van der Waals surface area contributed by atoms with Crippen molar-refractivity contribution < 1.29 is 22.6 Å². The third-order valence-corrected chi connectivity index (χ3v) is 18.7. The van der Waals surface area contributed by atoms with Crippen molar-refractivity contribution in [3.63, 3.8) is 0 Å². The highest BCUT2D eigenvalue weighted by molar-refractivity contribution is 6.11. The Labute approximate surface area is 558 Å². The van der Waals surface area contributed by atoms with Crippen LogP contribution in [-0.4, -0.2) is 11.2 Å². The molecule has 1 aromatic heterocycles. The van der Waals surface area contributed by atoms with Crippen molar-refractivity contribution in [2.24, 2.45) is 0 Å². The van der Waals surface area contributed by atoms with Crippen LogP contribution < -0.4 is 14.5 Å². The first-order valence-electron chi connectivity index (χ1n) is 38.2. The molecule has 0 spiro atoms. The first-order valence-corrected chi connectivity index (χ1v) is 31.7. The molecule has 0 bridgehead atoms. The second-order valence-electron chi connectivity index (χ2n) is 29.1. The number of hydrogen-bond donors (Lipinski definition) is 0. The van der Waals surface area contributed by atoms with Crippen molar-refractivity contribution in [3.8, 4) is 72.8 Å².